The van der Waals surface area contributed by atoms with Crippen LogP contribution in [0.25, 0.3) is 11.0 Å². The Bertz CT molecular complexity index is 1030. The van der Waals surface area contributed by atoms with Gasteiger partial charge in [-0.05, 0) is 81.4 Å². The molecule has 2 aliphatic carbocycles. The average Bonchev–Trinajstić information content (AvgIpc) is 3.23. The van der Waals surface area contributed by atoms with Crippen molar-refractivity contribution in [1.82, 2.24) is 5.32 Å². The van der Waals surface area contributed by atoms with Crippen molar-refractivity contribution in [2.24, 2.45) is 11.8 Å². The normalized spacial score (nSPS) is 20.7. The van der Waals surface area contributed by atoms with Crippen LogP contribution in [0.5, 0.6) is 5.75 Å². The van der Waals surface area contributed by atoms with E-state index in [9.17, 15) is 19.5 Å². The zero-order valence-corrected chi connectivity index (χ0v) is 17.1. The lowest BCUT2D eigenvalue weighted by Gasteiger charge is -2.29. The summed E-state index contributed by atoms with van der Waals surface area (Å²) in [6.07, 6.45) is 5.35. The van der Waals surface area contributed by atoms with Crippen molar-refractivity contribution in [1.29, 1.82) is 0 Å². The number of carbonyl (C=O) groups is 2. The van der Waals surface area contributed by atoms with Gasteiger partial charge in [-0.15, -0.1) is 0 Å². The number of fused-ring (bicyclic) bond motifs is 3. The summed E-state index contributed by atoms with van der Waals surface area (Å²) in [5, 5.41) is 14.7. The Labute approximate surface area is 174 Å². The summed E-state index contributed by atoms with van der Waals surface area (Å²) < 4.78 is 11.2. The van der Waals surface area contributed by atoms with Crippen LogP contribution in [0.2, 0.25) is 0 Å². The maximum Gasteiger partial charge on any atom is 0.339 e. The van der Waals surface area contributed by atoms with E-state index in [1.54, 1.807) is 0 Å². The number of hydrogen-bond acceptors (Lipinski definition) is 6. The maximum absolute atomic E-state index is 12.2. The molecule has 1 fully saturated rings. The number of nitrogens with one attached hydrogen (secondary N) is 1. The molecule has 1 amide bonds. The predicted octanol–water partition coefficient (Wildman–Crippen LogP) is 1.64. The molecule has 2 aliphatic rings. The number of benzene rings is 1. The Morgan fingerprint density at radius 2 is 1.90 bits per heavy atom. The van der Waals surface area contributed by atoms with Gasteiger partial charge in [0.25, 0.3) is 5.91 Å². The van der Waals surface area contributed by atoms with Gasteiger partial charge in [-0.3, -0.25) is 4.79 Å². The molecule has 0 saturated heterocycles. The van der Waals surface area contributed by atoms with Crippen LogP contribution in [0.3, 0.4) is 0 Å². The van der Waals surface area contributed by atoms with Gasteiger partial charge < -0.3 is 24.4 Å². The molecular weight excluding hydrogens is 386 g/mol. The lowest BCUT2D eigenvalue weighted by atomic mass is 9.82. The molecule has 7 nitrogen and oxygen atoms in total. The summed E-state index contributed by atoms with van der Waals surface area (Å²) in [5.41, 5.74) is 2.82. The fourth-order valence-corrected chi connectivity index (χ4v) is 4.67. The molecule has 0 atom stereocenters. The Morgan fingerprint density at radius 3 is 2.63 bits per heavy atom. The second-order valence-electron chi connectivity index (χ2n) is 8.40. The van der Waals surface area contributed by atoms with Gasteiger partial charge in [0.2, 0.25) is 0 Å². The third-order valence-electron chi connectivity index (χ3n) is 6.47. The van der Waals surface area contributed by atoms with Crippen LogP contribution < -0.4 is 20.8 Å². The number of aryl methyl sites for hydroxylation is 2. The number of hydrogen-bond donors (Lipinski definition) is 1. The summed E-state index contributed by atoms with van der Waals surface area (Å²) in [6.45, 7) is 2.21. The smallest absolute Gasteiger partial charge is 0.339 e. The third kappa shape index (κ3) is 4.06. The molecule has 160 valence electrons. The first-order chi connectivity index (χ1) is 14.4. The Morgan fingerprint density at radius 1 is 1.17 bits per heavy atom. The van der Waals surface area contributed by atoms with Crippen molar-refractivity contribution >= 4 is 22.8 Å². The molecule has 30 heavy (non-hydrogen) atoms. The van der Waals surface area contributed by atoms with Crippen molar-refractivity contribution in [3.63, 3.8) is 0 Å². The number of amides is 1. The monoisotopic (exact) mass is 412 g/mol. The molecule has 0 radical (unpaired) electrons. The summed E-state index contributed by atoms with van der Waals surface area (Å²) in [4.78, 5) is 35.3. The molecule has 1 saturated carbocycles. The van der Waals surface area contributed by atoms with E-state index in [4.69, 9.17) is 9.15 Å². The van der Waals surface area contributed by atoms with Crippen LogP contribution in [0.15, 0.2) is 21.3 Å². The van der Waals surface area contributed by atoms with Crippen molar-refractivity contribution in [3.8, 4) is 5.75 Å². The fourth-order valence-electron chi connectivity index (χ4n) is 4.67. The highest BCUT2D eigenvalue weighted by Gasteiger charge is 2.23. The molecule has 1 aromatic heterocycles. The molecule has 1 heterocycles. The molecule has 0 bridgehead atoms. The highest BCUT2D eigenvalue weighted by molar-refractivity contribution is 5.86. The zero-order chi connectivity index (χ0) is 21.3. The van der Waals surface area contributed by atoms with Gasteiger partial charge in [-0.25, -0.2) is 4.79 Å². The van der Waals surface area contributed by atoms with E-state index in [-0.39, 0.29) is 30.0 Å². The van der Waals surface area contributed by atoms with E-state index in [0.717, 1.165) is 48.6 Å². The molecule has 0 spiro atoms. The van der Waals surface area contributed by atoms with Gasteiger partial charge in [0.05, 0.1) is 0 Å². The van der Waals surface area contributed by atoms with E-state index in [0.29, 0.717) is 36.3 Å². The predicted molar refractivity (Wildman–Crippen MR) is 108 cm³/mol. The number of carboxylic acid groups (broad SMARTS) is 1. The number of aliphatic carboxylic acids is 1. The van der Waals surface area contributed by atoms with Crippen molar-refractivity contribution < 1.29 is 23.8 Å². The highest BCUT2D eigenvalue weighted by atomic mass is 16.5. The topological polar surface area (TPSA) is 109 Å². The van der Waals surface area contributed by atoms with Crippen LogP contribution >= 0.6 is 0 Å². The van der Waals surface area contributed by atoms with Crippen LogP contribution in [-0.2, 0) is 22.4 Å². The van der Waals surface area contributed by atoms with Crippen LogP contribution in [0.4, 0.5) is 0 Å². The molecular formula is C23H26NO6-. The summed E-state index contributed by atoms with van der Waals surface area (Å²) in [5.74, 6) is -0.765. The zero-order valence-electron chi connectivity index (χ0n) is 17.1. The Balaban J connectivity index is 1.34. The molecule has 1 aromatic carbocycles. The number of rotatable bonds is 6. The SMILES string of the molecule is Cc1c(OCC(=O)NCC2CCC(C(=O)[O-])CC2)ccc2c3c(c(=O)oc12)CCC3. The minimum Gasteiger partial charge on any atom is -0.550 e. The highest BCUT2D eigenvalue weighted by Crippen LogP contribution is 2.33. The van der Waals surface area contributed by atoms with Crippen LogP contribution in [0.1, 0.15) is 48.8 Å². The lowest BCUT2D eigenvalue weighted by Crippen LogP contribution is -2.37. The standard InChI is InChI=1S/C23H27NO6/c1-13-19(10-9-17-16-3-2-4-18(16)23(28)30-21(13)17)29-12-20(25)24-11-14-5-7-15(8-6-14)22(26)27/h9-10,14-15H,2-8,11-12H2,1H3,(H,24,25)(H,26,27)/p-1. The fraction of sp³-hybridized carbons (Fsp3) is 0.522. The van der Waals surface area contributed by atoms with E-state index in [2.05, 4.69) is 5.32 Å². The lowest BCUT2D eigenvalue weighted by molar-refractivity contribution is -0.312. The van der Waals surface area contributed by atoms with Gasteiger partial charge in [-0.1, -0.05) is 0 Å². The van der Waals surface area contributed by atoms with E-state index >= 15 is 0 Å². The number of carbonyl (C=O) groups excluding carboxylic acids is 2. The molecule has 0 unspecified atom stereocenters. The third-order valence-corrected chi connectivity index (χ3v) is 6.47. The minimum atomic E-state index is -0.975. The average molecular weight is 412 g/mol. The summed E-state index contributed by atoms with van der Waals surface area (Å²) >= 11 is 0. The summed E-state index contributed by atoms with van der Waals surface area (Å²) in [6, 6.07) is 3.73. The molecule has 1 N–H and O–H groups in total. The minimum absolute atomic E-state index is 0.129. The van der Waals surface area contributed by atoms with Crippen molar-refractivity contribution in [2.45, 2.75) is 51.9 Å². The van der Waals surface area contributed by atoms with Crippen molar-refractivity contribution in [3.05, 3.63) is 39.2 Å². The van der Waals surface area contributed by atoms with Gasteiger partial charge in [0.15, 0.2) is 6.61 Å². The Hall–Kier alpha value is -2.83. The van der Waals surface area contributed by atoms with Crippen LogP contribution in [0, 0.1) is 18.8 Å². The van der Waals surface area contributed by atoms with Gasteiger partial charge >= 0.3 is 5.63 Å². The quantitative estimate of drug-likeness (QED) is 0.723. The number of carboxylic acids is 1. The largest absolute Gasteiger partial charge is 0.550 e. The van der Waals surface area contributed by atoms with Crippen LogP contribution in [-0.4, -0.2) is 25.0 Å². The van der Waals surface area contributed by atoms with E-state index < -0.39 is 5.97 Å². The second kappa shape index (κ2) is 8.50. The van der Waals surface area contributed by atoms with Gasteiger partial charge in [-0.2, -0.15) is 0 Å². The first-order valence-corrected chi connectivity index (χ1v) is 10.6. The van der Waals surface area contributed by atoms with E-state index in [1.807, 2.05) is 19.1 Å². The molecule has 2 aromatic rings. The molecule has 4 rings (SSSR count). The van der Waals surface area contributed by atoms with Gasteiger partial charge in [0.1, 0.15) is 11.3 Å². The Kier molecular flexibility index (Phi) is 5.79. The maximum atomic E-state index is 12.2. The first kappa shape index (κ1) is 20.4. The summed E-state index contributed by atoms with van der Waals surface area (Å²) in [7, 11) is 0. The number of ether oxygens (including phenoxy) is 1. The molecule has 0 aliphatic heterocycles. The molecule has 7 heteroatoms. The van der Waals surface area contributed by atoms with Crippen molar-refractivity contribution in [2.75, 3.05) is 13.2 Å². The van der Waals surface area contributed by atoms with E-state index in [1.165, 1.54) is 0 Å². The van der Waals surface area contributed by atoms with Gasteiger partial charge in [0, 0.05) is 29.0 Å². The second-order valence-corrected chi connectivity index (χ2v) is 8.40. The first-order valence-electron chi connectivity index (χ1n) is 10.6.